The monoisotopic (exact) mass is 312 g/mol. The zero-order chi connectivity index (χ0) is 15.2. The molecule has 0 aliphatic carbocycles. The summed E-state index contributed by atoms with van der Waals surface area (Å²) >= 11 is 0. The second-order valence-electron chi connectivity index (χ2n) is 5.75. The van der Waals surface area contributed by atoms with Crippen molar-refractivity contribution in [3.8, 4) is 0 Å². The number of nitrogens with zero attached hydrogens (tertiary/aromatic N) is 2. The molecule has 0 unspecified atom stereocenters. The van der Waals surface area contributed by atoms with Crippen LogP contribution in [0.15, 0.2) is 17.2 Å². The predicted octanol–water partition coefficient (Wildman–Crippen LogP) is -0.775. The molecule has 1 aromatic rings. The number of sulfonamides is 1. The molecule has 21 heavy (non-hydrogen) atoms. The minimum atomic E-state index is -3.52. The van der Waals surface area contributed by atoms with Crippen LogP contribution >= 0.6 is 0 Å². The van der Waals surface area contributed by atoms with Gasteiger partial charge in [0.1, 0.15) is 10.6 Å². The highest BCUT2D eigenvalue weighted by molar-refractivity contribution is 7.89. The first-order chi connectivity index (χ1) is 9.93. The first kappa shape index (κ1) is 14.6. The van der Waals surface area contributed by atoms with Gasteiger partial charge in [-0.15, -0.1) is 0 Å². The molecule has 2 fully saturated rings. The Morgan fingerprint density at radius 3 is 2.52 bits per heavy atom. The van der Waals surface area contributed by atoms with Gasteiger partial charge in [-0.3, -0.25) is 4.79 Å². The van der Waals surface area contributed by atoms with Gasteiger partial charge in [0.25, 0.3) is 5.91 Å². The van der Waals surface area contributed by atoms with Crippen molar-refractivity contribution >= 4 is 15.9 Å². The van der Waals surface area contributed by atoms with Crippen LogP contribution in [0.5, 0.6) is 0 Å². The number of carbonyl (C=O) groups excluding carboxylic acids is 1. The fourth-order valence-corrected chi connectivity index (χ4v) is 4.81. The van der Waals surface area contributed by atoms with Crippen molar-refractivity contribution in [2.45, 2.75) is 4.90 Å². The molecule has 3 heterocycles. The molecule has 2 atom stereocenters. The molecule has 8 heteroatoms. The highest BCUT2D eigenvalue weighted by atomic mass is 32.2. The van der Waals surface area contributed by atoms with Gasteiger partial charge in [0.05, 0.1) is 0 Å². The summed E-state index contributed by atoms with van der Waals surface area (Å²) in [6.07, 6.45) is 1.51. The number of hydrogen-bond donors (Lipinski definition) is 2. The van der Waals surface area contributed by atoms with Crippen LogP contribution in [0.4, 0.5) is 0 Å². The molecule has 1 aromatic heterocycles. The van der Waals surface area contributed by atoms with E-state index in [1.54, 1.807) is 15.9 Å². The Labute approximate surface area is 124 Å². The van der Waals surface area contributed by atoms with E-state index in [0.717, 1.165) is 13.1 Å². The van der Waals surface area contributed by atoms with E-state index in [0.29, 0.717) is 30.6 Å². The fourth-order valence-electron chi connectivity index (χ4n) is 3.19. The lowest BCUT2D eigenvalue weighted by Crippen LogP contribution is -2.31. The highest BCUT2D eigenvalue weighted by Gasteiger charge is 2.41. The second-order valence-corrected chi connectivity index (χ2v) is 7.69. The van der Waals surface area contributed by atoms with Crippen molar-refractivity contribution in [1.82, 2.24) is 19.5 Å². The number of amides is 1. The molecule has 116 valence electrons. The zero-order valence-electron chi connectivity index (χ0n) is 12.2. The van der Waals surface area contributed by atoms with E-state index in [1.165, 1.54) is 19.3 Å². The molecular formula is C13H20N4O3S. The van der Waals surface area contributed by atoms with Crippen LogP contribution in [-0.4, -0.2) is 56.4 Å². The van der Waals surface area contributed by atoms with E-state index >= 15 is 0 Å². The Hall–Kier alpha value is -1.38. The minimum absolute atomic E-state index is 0.191. The predicted molar refractivity (Wildman–Crippen MR) is 77.4 cm³/mol. The van der Waals surface area contributed by atoms with E-state index in [9.17, 15) is 13.2 Å². The number of hydrogen-bond acceptors (Lipinski definition) is 4. The van der Waals surface area contributed by atoms with E-state index in [-0.39, 0.29) is 10.8 Å². The Morgan fingerprint density at radius 2 is 1.95 bits per heavy atom. The van der Waals surface area contributed by atoms with Gasteiger partial charge in [0.15, 0.2) is 0 Å². The maximum Gasteiger partial charge on any atom is 0.267 e. The van der Waals surface area contributed by atoms with Gasteiger partial charge in [0.2, 0.25) is 10.0 Å². The van der Waals surface area contributed by atoms with Crippen molar-refractivity contribution < 1.29 is 13.2 Å². The molecule has 2 N–H and O–H groups in total. The molecule has 2 saturated heterocycles. The average Bonchev–Trinajstić information content (AvgIpc) is 3.10. The van der Waals surface area contributed by atoms with Crippen LogP contribution in [0, 0.1) is 11.8 Å². The van der Waals surface area contributed by atoms with Gasteiger partial charge >= 0.3 is 0 Å². The summed E-state index contributed by atoms with van der Waals surface area (Å²) in [5.74, 6) is 0.519. The maximum absolute atomic E-state index is 12.7. The quantitative estimate of drug-likeness (QED) is 0.767. The topological polar surface area (TPSA) is 83.4 Å². The summed E-state index contributed by atoms with van der Waals surface area (Å²) in [6.45, 7) is 2.89. The number of fused-ring (bicyclic) bond motifs is 1. The van der Waals surface area contributed by atoms with Gasteiger partial charge in [-0.2, -0.15) is 4.31 Å². The van der Waals surface area contributed by atoms with Crippen LogP contribution < -0.4 is 10.6 Å². The summed E-state index contributed by atoms with van der Waals surface area (Å²) in [4.78, 5) is 11.9. The first-order valence-corrected chi connectivity index (χ1v) is 8.47. The smallest absolute Gasteiger partial charge is 0.267 e. The largest absolute Gasteiger partial charge is 0.354 e. The van der Waals surface area contributed by atoms with E-state index in [1.807, 2.05) is 0 Å². The number of aromatic nitrogens is 1. The maximum atomic E-state index is 12.7. The Balaban J connectivity index is 1.87. The zero-order valence-corrected chi connectivity index (χ0v) is 13.0. The van der Waals surface area contributed by atoms with E-state index < -0.39 is 10.0 Å². The van der Waals surface area contributed by atoms with Gasteiger partial charge in [0, 0.05) is 33.4 Å². The van der Waals surface area contributed by atoms with Crippen molar-refractivity contribution in [2.24, 2.45) is 18.9 Å². The SMILES string of the molecule is CNC(=O)c1cc(S(=O)(=O)N2C[C@H]3CNC[C@H]3C2)cn1C. The lowest BCUT2D eigenvalue weighted by Gasteiger charge is -2.16. The summed E-state index contributed by atoms with van der Waals surface area (Å²) in [7, 11) is -0.321. The van der Waals surface area contributed by atoms with Gasteiger partial charge < -0.3 is 15.2 Å². The van der Waals surface area contributed by atoms with Crippen molar-refractivity contribution in [1.29, 1.82) is 0 Å². The number of nitrogens with one attached hydrogen (secondary N) is 2. The van der Waals surface area contributed by atoms with Crippen molar-refractivity contribution in [3.05, 3.63) is 18.0 Å². The van der Waals surface area contributed by atoms with Crippen LogP contribution in [0.2, 0.25) is 0 Å². The summed E-state index contributed by atoms with van der Waals surface area (Å²) in [6, 6.07) is 1.44. The highest BCUT2D eigenvalue weighted by Crippen LogP contribution is 2.31. The van der Waals surface area contributed by atoms with Gasteiger partial charge in [-0.1, -0.05) is 0 Å². The third kappa shape index (κ3) is 2.37. The second kappa shape index (κ2) is 5.11. The third-order valence-electron chi connectivity index (χ3n) is 4.43. The lowest BCUT2D eigenvalue weighted by molar-refractivity contribution is 0.0955. The van der Waals surface area contributed by atoms with Crippen LogP contribution in [-0.2, 0) is 17.1 Å². The van der Waals surface area contributed by atoms with Crippen molar-refractivity contribution in [3.63, 3.8) is 0 Å². The summed E-state index contributed by atoms with van der Waals surface area (Å²) in [5.41, 5.74) is 0.345. The molecular weight excluding hydrogens is 292 g/mol. The number of carbonyl (C=O) groups is 1. The molecule has 0 aromatic carbocycles. The summed E-state index contributed by atoms with van der Waals surface area (Å²) in [5, 5.41) is 5.81. The minimum Gasteiger partial charge on any atom is -0.354 e. The molecule has 2 aliphatic rings. The number of aryl methyl sites for hydroxylation is 1. The molecule has 3 rings (SSSR count). The molecule has 7 nitrogen and oxygen atoms in total. The van der Waals surface area contributed by atoms with Gasteiger partial charge in [-0.05, 0) is 31.0 Å². The Bertz CT molecular complexity index is 655. The molecule has 0 radical (unpaired) electrons. The first-order valence-electron chi connectivity index (χ1n) is 7.03. The van der Waals surface area contributed by atoms with E-state index in [4.69, 9.17) is 0 Å². The van der Waals surface area contributed by atoms with Gasteiger partial charge in [-0.25, -0.2) is 8.42 Å². The Kier molecular flexibility index (Phi) is 3.54. The third-order valence-corrected chi connectivity index (χ3v) is 6.23. The van der Waals surface area contributed by atoms with Crippen LogP contribution in [0.1, 0.15) is 10.5 Å². The fraction of sp³-hybridized carbons (Fsp3) is 0.615. The summed E-state index contributed by atoms with van der Waals surface area (Å²) < 4.78 is 28.5. The molecule has 0 saturated carbocycles. The molecule has 0 bridgehead atoms. The lowest BCUT2D eigenvalue weighted by atomic mass is 10.0. The normalized spacial score (nSPS) is 26.0. The molecule has 1 amide bonds. The Morgan fingerprint density at radius 1 is 1.33 bits per heavy atom. The van der Waals surface area contributed by atoms with Crippen molar-refractivity contribution in [2.75, 3.05) is 33.2 Å². The van der Waals surface area contributed by atoms with E-state index in [2.05, 4.69) is 10.6 Å². The molecule has 2 aliphatic heterocycles. The molecule has 0 spiro atoms. The van der Waals surface area contributed by atoms with Crippen LogP contribution in [0.25, 0.3) is 0 Å². The standard InChI is InChI=1S/C13H20N4O3S/c1-14-13(18)12-3-11(8-16(12)2)21(19,20)17-6-9-4-15-5-10(9)7-17/h3,8-10,15H,4-7H2,1-2H3,(H,14,18)/t9-,10+. The number of rotatable bonds is 3. The average molecular weight is 312 g/mol. The van der Waals surface area contributed by atoms with Crippen LogP contribution in [0.3, 0.4) is 0 Å².